The molecule has 0 fully saturated rings. The quantitative estimate of drug-likeness (QED) is 0.568. The number of ether oxygens (including phenoxy) is 1. The SMILES string of the molecule is Cc1cc(C)n(-c2ccc(Cl)c(C(=O)OCC(=O)NC(=O)NCc3ccccc3)n2)n1. The number of nitrogens with one attached hydrogen (secondary N) is 2. The van der Waals surface area contributed by atoms with Crippen LogP contribution in [-0.2, 0) is 16.1 Å². The number of halogens is 1. The summed E-state index contributed by atoms with van der Waals surface area (Å²) in [6.07, 6.45) is 0. The van der Waals surface area contributed by atoms with Gasteiger partial charge in [-0.2, -0.15) is 5.10 Å². The zero-order valence-corrected chi connectivity index (χ0v) is 17.6. The zero-order chi connectivity index (χ0) is 22.4. The summed E-state index contributed by atoms with van der Waals surface area (Å²) in [7, 11) is 0. The summed E-state index contributed by atoms with van der Waals surface area (Å²) in [6, 6.07) is 13.5. The Labute approximate surface area is 183 Å². The fourth-order valence-corrected chi connectivity index (χ4v) is 2.92. The van der Waals surface area contributed by atoms with Crippen LogP contribution in [0.3, 0.4) is 0 Å². The second-order valence-corrected chi connectivity index (χ2v) is 7.04. The molecule has 0 radical (unpaired) electrons. The van der Waals surface area contributed by atoms with Gasteiger partial charge in [0.05, 0.1) is 10.7 Å². The highest BCUT2D eigenvalue weighted by molar-refractivity contribution is 6.33. The first-order valence-electron chi connectivity index (χ1n) is 9.32. The second kappa shape index (κ2) is 9.86. The Hall–Kier alpha value is -3.72. The predicted octanol–water partition coefficient (Wildman–Crippen LogP) is 2.72. The number of aromatic nitrogens is 3. The number of aryl methyl sites for hydroxylation is 2. The van der Waals surface area contributed by atoms with E-state index in [0.717, 1.165) is 17.0 Å². The first-order valence-corrected chi connectivity index (χ1v) is 9.70. The molecule has 0 saturated carbocycles. The van der Waals surface area contributed by atoms with Crippen molar-refractivity contribution in [3.63, 3.8) is 0 Å². The van der Waals surface area contributed by atoms with Crippen LogP contribution in [-0.4, -0.2) is 39.3 Å². The lowest BCUT2D eigenvalue weighted by Crippen LogP contribution is -2.41. The highest BCUT2D eigenvalue weighted by Gasteiger charge is 2.18. The highest BCUT2D eigenvalue weighted by atomic mass is 35.5. The largest absolute Gasteiger partial charge is 0.451 e. The molecule has 3 amide bonds. The van der Waals surface area contributed by atoms with Crippen molar-refractivity contribution < 1.29 is 19.1 Å². The molecule has 2 N–H and O–H groups in total. The maximum absolute atomic E-state index is 12.4. The second-order valence-electron chi connectivity index (χ2n) is 6.63. The third-order valence-corrected chi connectivity index (χ3v) is 4.44. The molecule has 160 valence electrons. The molecular weight excluding hydrogens is 422 g/mol. The minimum Gasteiger partial charge on any atom is -0.451 e. The number of carbonyl (C=O) groups is 3. The predicted molar refractivity (Wildman–Crippen MR) is 113 cm³/mol. The number of carbonyl (C=O) groups excluding carboxylic acids is 3. The molecule has 0 unspecified atom stereocenters. The first-order chi connectivity index (χ1) is 14.8. The lowest BCUT2D eigenvalue weighted by molar-refractivity contribution is -0.123. The van der Waals surface area contributed by atoms with Crippen molar-refractivity contribution in [3.8, 4) is 5.82 Å². The molecule has 0 saturated heterocycles. The summed E-state index contributed by atoms with van der Waals surface area (Å²) in [6.45, 7) is 3.27. The molecule has 2 aromatic heterocycles. The van der Waals surface area contributed by atoms with Crippen LogP contribution >= 0.6 is 11.6 Å². The molecule has 9 nitrogen and oxygen atoms in total. The van der Waals surface area contributed by atoms with E-state index in [4.69, 9.17) is 16.3 Å². The van der Waals surface area contributed by atoms with E-state index >= 15 is 0 Å². The van der Waals surface area contributed by atoms with Gasteiger partial charge in [-0.05, 0) is 37.6 Å². The van der Waals surface area contributed by atoms with Gasteiger partial charge >= 0.3 is 12.0 Å². The van der Waals surface area contributed by atoms with Crippen LogP contribution in [0.1, 0.15) is 27.4 Å². The minimum absolute atomic E-state index is 0.0660. The Bertz CT molecular complexity index is 1110. The van der Waals surface area contributed by atoms with Gasteiger partial charge in [0.1, 0.15) is 0 Å². The van der Waals surface area contributed by atoms with Crippen LogP contribution in [0.4, 0.5) is 4.79 Å². The third kappa shape index (κ3) is 5.89. The Balaban J connectivity index is 1.55. The smallest absolute Gasteiger partial charge is 0.359 e. The number of esters is 1. The van der Waals surface area contributed by atoms with E-state index in [9.17, 15) is 14.4 Å². The lowest BCUT2D eigenvalue weighted by Gasteiger charge is -2.09. The Morgan fingerprint density at radius 1 is 1.10 bits per heavy atom. The van der Waals surface area contributed by atoms with Gasteiger partial charge in [-0.1, -0.05) is 41.9 Å². The topological polar surface area (TPSA) is 115 Å². The fraction of sp³-hybridized carbons (Fsp3) is 0.190. The number of amides is 3. The van der Waals surface area contributed by atoms with Crippen LogP contribution in [0.2, 0.25) is 5.02 Å². The normalized spacial score (nSPS) is 10.4. The standard InChI is InChI=1S/C21H20ClN5O4/c1-13-10-14(2)27(26-13)17-9-8-16(22)19(24-17)20(29)31-12-18(28)25-21(30)23-11-15-6-4-3-5-7-15/h3-10H,11-12H2,1-2H3,(H2,23,25,28,30). The van der Waals surface area contributed by atoms with E-state index in [1.807, 2.05) is 50.2 Å². The molecule has 31 heavy (non-hydrogen) atoms. The van der Waals surface area contributed by atoms with Crippen LogP contribution in [0.15, 0.2) is 48.5 Å². The number of hydrogen-bond donors (Lipinski definition) is 2. The van der Waals surface area contributed by atoms with Crippen molar-refractivity contribution in [1.82, 2.24) is 25.4 Å². The molecule has 0 aliphatic carbocycles. The lowest BCUT2D eigenvalue weighted by atomic mass is 10.2. The highest BCUT2D eigenvalue weighted by Crippen LogP contribution is 2.18. The number of pyridine rings is 1. The molecular formula is C21H20ClN5O4. The van der Waals surface area contributed by atoms with E-state index in [1.165, 1.54) is 6.07 Å². The van der Waals surface area contributed by atoms with Crippen molar-refractivity contribution in [1.29, 1.82) is 0 Å². The van der Waals surface area contributed by atoms with E-state index in [1.54, 1.807) is 10.7 Å². The molecule has 10 heteroatoms. The van der Waals surface area contributed by atoms with Crippen LogP contribution in [0, 0.1) is 13.8 Å². The van der Waals surface area contributed by atoms with Gasteiger partial charge in [0.15, 0.2) is 18.1 Å². The maximum Gasteiger partial charge on any atom is 0.359 e. The molecule has 0 atom stereocenters. The molecule has 0 bridgehead atoms. The Morgan fingerprint density at radius 3 is 2.52 bits per heavy atom. The van der Waals surface area contributed by atoms with Gasteiger partial charge in [0, 0.05) is 12.2 Å². The van der Waals surface area contributed by atoms with Crippen molar-refractivity contribution in [3.05, 3.63) is 76.2 Å². The third-order valence-electron chi connectivity index (χ3n) is 4.13. The van der Waals surface area contributed by atoms with Crippen LogP contribution < -0.4 is 10.6 Å². The van der Waals surface area contributed by atoms with Crippen molar-refractivity contribution in [2.75, 3.05) is 6.61 Å². The number of rotatable bonds is 6. The van der Waals surface area contributed by atoms with Crippen molar-refractivity contribution in [2.45, 2.75) is 20.4 Å². The summed E-state index contributed by atoms with van der Waals surface area (Å²) < 4.78 is 6.51. The molecule has 1 aromatic carbocycles. The average Bonchev–Trinajstić information content (AvgIpc) is 3.09. The summed E-state index contributed by atoms with van der Waals surface area (Å²) in [5, 5.41) is 9.00. The average molecular weight is 442 g/mol. The summed E-state index contributed by atoms with van der Waals surface area (Å²) in [4.78, 5) is 40.3. The zero-order valence-electron chi connectivity index (χ0n) is 16.9. The fourth-order valence-electron chi connectivity index (χ4n) is 2.74. The van der Waals surface area contributed by atoms with Gasteiger partial charge in [0.25, 0.3) is 5.91 Å². The molecule has 0 aliphatic heterocycles. The summed E-state index contributed by atoms with van der Waals surface area (Å²) in [5.41, 5.74) is 2.33. The van der Waals surface area contributed by atoms with Crippen LogP contribution in [0.5, 0.6) is 0 Å². The molecule has 0 spiro atoms. The van der Waals surface area contributed by atoms with Crippen LogP contribution in [0.25, 0.3) is 5.82 Å². The van der Waals surface area contributed by atoms with E-state index < -0.39 is 24.5 Å². The molecule has 3 rings (SSSR count). The minimum atomic E-state index is -0.895. The van der Waals surface area contributed by atoms with E-state index in [0.29, 0.717) is 5.82 Å². The monoisotopic (exact) mass is 441 g/mol. The number of nitrogens with zero attached hydrogens (tertiary/aromatic N) is 3. The van der Waals surface area contributed by atoms with Gasteiger partial charge in [-0.3, -0.25) is 10.1 Å². The Kier molecular flexibility index (Phi) is 6.99. The van der Waals surface area contributed by atoms with Gasteiger partial charge in [0.2, 0.25) is 0 Å². The van der Waals surface area contributed by atoms with Gasteiger partial charge in [-0.25, -0.2) is 19.3 Å². The van der Waals surface area contributed by atoms with Gasteiger partial charge < -0.3 is 10.1 Å². The van der Waals surface area contributed by atoms with E-state index in [2.05, 4.69) is 20.7 Å². The van der Waals surface area contributed by atoms with Crippen molar-refractivity contribution >= 4 is 29.5 Å². The molecule has 0 aliphatic rings. The van der Waals surface area contributed by atoms with Gasteiger partial charge in [-0.15, -0.1) is 0 Å². The number of hydrogen-bond acceptors (Lipinski definition) is 6. The number of urea groups is 1. The summed E-state index contributed by atoms with van der Waals surface area (Å²) >= 11 is 6.06. The first kappa shape index (κ1) is 22.0. The maximum atomic E-state index is 12.4. The molecule has 3 aromatic rings. The number of benzene rings is 1. The molecule has 2 heterocycles. The summed E-state index contributed by atoms with van der Waals surface area (Å²) in [5.74, 6) is -1.30. The Morgan fingerprint density at radius 2 is 1.84 bits per heavy atom. The van der Waals surface area contributed by atoms with Crippen molar-refractivity contribution in [2.24, 2.45) is 0 Å². The number of imide groups is 1. The van der Waals surface area contributed by atoms with E-state index in [-0.39, 0.29) is 17.3 Å².